The molecule has 0 spiro atoms. The highest BCUT2D eigenvalue weighted by atomic mass is 35.5. The fourth-order valence-electron chi connectivity index (χ4n) is 2.39. The number of halogens is 1. The molecule has 0 atom stereocenters. The lowest BCUT2D eigenvalue weighted by molar-refractivity contribution is 0.0697. The molecule has 6 heteroatoms. The van der Waals surface area contributed by atoms with Crippen LogP contribution in [0.5, 0.6) is 0 Å². The molecule has 0 unspecified atom stereocenters. The smallest absolute Gasteiger partial charge is 0.337 e. The fourth-order valence-corrected chi connectivity index (χ4v) is 2.74. The summed E-state index contributed by atoms with van der Waals surface area (Å²) in [5.41, 5.74) is 6.80. The average Bonchev–Trinajstić information content (AvgIpc) is 2.38. The first kappa shape index (κ1) is 14.0. The van der Waals surface area contributed by atoms with Crippen molar-refractivity contribution < 1.29 is 9.90 Å². The molecule has 1 fully saturated rings. The second kappa shape index (κ2) is 5.67. The van der Waals surface area contributed by atoms with E-state index in [1.165, 1.54) is 6.07 Å². The van der Waals surface area contributed by atoms with Crippen LogP contribution in [0.15, 0.2) is 12.1 Å². The van der Waals surface area contributed by atoms with Crippen LogP contribution in [-0.2, 0) is 0 Å². The van der Waals surface area contributed by atoms with Gasteiger partial charge in [-0.2, -0.15) is 0 Å². The van der Waals surface area contributed by atoms with E-state index in [1.807, 2.05) is 4.90 Å². The van der Waals surface area contributed by atoms with Gasteiger partial charge in [-0.25, -0.2) is 4.79 Å². The Hall–Kier alpha value is -1.46. The van der Waals surface area contributed by atoms with Gasteiger partial charge in [-0.05, 0) is 18.7 Å². The maximum Gasteiger partial charge on any atom is 0.337 e. The molecule has 2 rings (SSSR count). The van der Waals surface area contributed by atoms with Gasteiger partial charge in [0, 0.05) is 31.9 Å². The Labute approximate surface area is 117 Å². The number of rotatable bonds is 3. The van der Waals surface area contributed by atoms with Gasteiger partial charge in [-0.15, -0.1) is 0 Å². The highest BCUT2D eigenvalue weighted by Gasteiger charge is 2.23. The van der Waals surface area contributed by atoms with Crippen LogP contribution in [0, 0.1) is 0 Å². The van der Waals surface area contributed by atoms with Crippen molar-refractivity contribution in [2.45, 2.75) is 6.92 Å². The summed E-state index contributed by atoms with van der Waals surface area (Å²) in [5, 5.41) is 9.70. The molecule has 0 aliphatic carbocycles. The van der Waals surface area contributed by atoms with Crippen molar-refractivity contribution in [3.05, 3.63) is 22.7 Å². The van der Waals surface area contributed by atoms with Crippen LogP contribution in [0.1, 0.15) is 17.3 Å². The molecule has 3 N–H and O–H groups in total. The summed E-state index contributed by atoms with van der Waals surface area (Å²) in [4.78, 5) is 15.7. The third kappa shape index (κ3) is 2.93. The first-order valence-corrected chi connectivity index (χ1v) is 6.70. The second-order valence-electron chi connectivity index (χ2n) is 4.63. The van der Waals surface area contributed by atoms with Crippen molar-refractivity contribution >= 4 is 28.9 Å². The zero-order valence-corrected chi connectivity index (χ0v) is 11.7. The molecule has 5 nitrogen and oxygen atoms in total. The molecule has 0 aromatic heterocycles. The molecule has 0 saturated carbocycles. The van der Waals surface area contributed by atoms with E-state index >= 15 is 0 Å². The minimum absolute atomic E-state index is 0.176. The normalized spacial score (nSPS) is 16.6. The quantitative estimate of drug-likeness (QED) is 0.827. The van der Waals surface area contributed by atoms with Crippen LogP contribution in [0.25, 0.3) is 0 Å². The monoisotopic (exact) mass is 283 g/mol. The Kier molecular flexibility index (Phi) is 4.17. The van der Waals surface area contributed by atoms with Crippen molar-refractivity contribution in [1.82, 2.24) is 4.90 Å². The first-order chi connectivity index (χ1) is 9.02. The van der Waals surface area contributed by atoms with Crippen molar-refractivity contribution in [3.8, 4) is 0 Å². The predicted molar refractivity (Wildman–Crippen MR) is 77.2 cm³/mol. The van der Waals surface area contributed by atoms with Crippen molar-refractivity contribution in [1.29, 1.82) is 0 Å². The van der Waals surface area contributed by atoms with Crippen molar-refractivity contribution in [2.75, 3.05) is 43.4 Å². The molecule has 19 heavy (non-hydrogen) atoms. The minimum atomic E-state index is -0.998. The van der Waals surface area contributed by atoms with Crippen molar-refractivity contribution in [2.24, 2.45) is 0 Å². The zero-order valence-electron chi connectivity index (χ0n) is 10.9. The van der Waals surface area contributed by atoms with Crippen LogP contribution in [-0.4, -0.2) is 48.7 Å². The number of aromatic carboxylic acids is 1. The molecule has 104 valence electrons. The molecular formula is C13H18ClN3O2. The van der Waals surface area contributed by atoms with Crippen LogP contribution in [0.2, 0.25) is 5.02 Å². The minimum Gasteiger partial charge on any atom is -0.478 e. The fraction of sp³-hybridized carbons (Fsp3) is 0.462. The molecule has 1 aliphatic rings. The van der Waals surface area contributed by atoms with Gasteiger partial charge in [0.15, 0.2) is 0 Å². The van der Waals surface area contributed by atoms with E-state index in [4.69, 9.17) is 17.3 Å². The number of carboxylic acids is 1. The number of nitrogens with zero attached hydrogens (tertiary/aromatic N) is 2. The summed E-state index contributed by atoms with van der Waals surface area (Å²) < 4.78 is 0. The number of anilines is 2. The van der Waals surface area contributed by atoms with Gasteiger partial charge in [0.1, 0.15) is 0 Å². The SMILES string of the molecule is CCN1CCN(c2c(Cl)cc(N)cc2C(=O)O)CC1. The number of hydrogen-bond acceptors (Lipinski definition) is 4. The summed E-state index contributed by atoms with van der Waals surface area (Å²) in [6.07, 6.45) is 0. The predicted octanol–water partition coefficient (Wildman–Crippen LogP) is 1.76. The summed E-state index contributed by atoms with van der Waals surface area (Å²) in [5.74, 6) is -0.998. The number of carbonyl (C=O) groups is 1. The van der Waals surface area contributed by atoms with E-state index in [1.54, 1.807) is 6.07 Å². The molecule has 1 aromatic carbocycles. The number of piperazine rings is 1. The molecule has 1 saturated heterocycles. The van der Waals surface area contributed by atoms with Gasteiger partial charge in [-0.1, -0.05) is 18.5 Å². The lowest BCUT2D eigenvalue weighted by atomic mass is 10.1. The highest BCUT2D eigenvalue weighted by molar-refractivity contribution is 6.34. The molecule has 0 amide bonds. The van der Waals surface area contributed by atoms with E-state index in [0.717, 1.165) is 32.7 Å². The summed E-state index contributed by atoms with van der Waals surface area (Å²) in [7, 11) is 0. The maximum absolute atomic E-state index is 11.3. The topological polar surface area (TPSA) is 69.8 Å². The van der Waals surface area contributed by atoms with Crippen LogP contribution >= 0.6 is 11.6 Å². The molecule has 1 heterocycles. The van der Waals surface area contributed by atoms with Crippen LogP contribution in [0.4, 0.5) is 11.4 Å². The van der Waals surface area contributed by atoms with Crippen LogP contribution in [0.3, 0.4) is 0 Å². The zero-order chi connectivity index (χ0) is 14.0. The van der Waals surface area contributed by atoms with E-state index in [-0.39, 0.29) is 5.56 Å². The lowest BCUT2D eigenvalue weighted by Gasteiger charge is -2.36. The van der Waals surface area contributed by atoms with E-state index in [2.05, 4.69) is 11.8 Å². The maximum atomic E-state index is 11.3. The number of carboxylic acid groups (broad SMARTS) is 1. The molecule has 0 radical (unpaired) electrons. The second-order valence-corrected chi connectivity index (χ2v) is 5.03. The first-order valence-electron chi connectivity index (χ1n) is 6.32. The van der Waals surface area contributed by atoms with E-state index in [0.29, 0.717) is 16.4 Å². The molecule has 1 aliphatic heterocycles. The van der Waals surface area contributed by atoms with Gasteiger partial charge >= 0.3 is 5.97 Å². The van der Waals surface area contributed by atoms with Gasteiger partial charge in [0.25, 0.3) is 0 Å². The largest absolute Gasteiger partial charge is 0.478 e. The summed E-state index contributed by atoms with van der Waals surface area (Å²) in [6.45, 7) is 6.51. The third-order valence-corrected chi connectivity index (χ3v) is 3.74. The van der Waals surface area contributed by atoms with Gasteiger partial charge in [0.2, 0.25) is 0 Å². The number of benzene rings is 1. The summed E-state index contributed by atoms with van der Waals surface area (Å²) >= 11 is 6.18. The molecule has 1 aromatic rings. The number of nitrogen functional groups attached to an aromatic ring is 1. The lowest BCUT2D eigenvalue weighted by Crippen LogP contribution is -2.46. The average molecular weight is 284 g/mol. The number of likely N-dealkylation sites (N-methyl/N-ethyl adjacent to an activating group) is 1. The van der Waals surface area contributed by atoms with Crippen LogP contribution < -0.4 is 10.6 Å². The highest BCUT2D eigenvalue weighted by Crippen LogP contribution is 2.33. The Morgan fingerprint density at radius 1 is 1.37 bits per heavy atom. The Bertz CT molecular complexity index is 485. The standard InChI is InChI=1S/C13H18ClN3O2/c1-2-16-3-5-17(6-4-16)12-10(13(18)19)7-9(15)8-11(12)14/h7-8H,2-6,15H2,1H3,(H,18,19). The molecule has 0 bridgehead atoms. The van der Waals surface area contributed by atoms with E-state index in [9.17, 15) is 9.90 Å². The Morgan fingerprint density at radius 3 is 2.53 bits per heavy atom. The van der Waals surface area contributed by atoms with Gasteiger partial charge in [0.05, 0.1) is 16.3 Å². The number of hydrogen-bond donors (Lipinski definition) is 2. The van der Waals surface area contributed by atoms with Gasteiger partial charge < -0.3 is 20.6 Å². The van der Waals surface area contributed by atoms with E-state index < -0.39 is 5.97 Å². The Morgan fingerprint density at radius 2 is 2.00 bits per heavy atom. The summed E-state index contributed by atoms with van der Waals surface area (Å²) in [6, 6.07) is 3.07. The van der Waals surface area contributed by atoms with Crippen molar-refractivity contribution in [3.63, 3.8) is 0 Å². The molecular weight excluding hydrogens is 266 g/mol. The number of nitrogens with two attached hydrogens (primary N) is 1. The third-order valence-electron chi connectivity index (χ3n) is 3.45. The van der Waals surface area contributed by atoms with Gasteiger partial charge in [-0.3, -0.25) is 0 Å². The Balaban J connectivity index is 2.32.